The number of hydrogen-bond donors (Lipinski definition) is 2. The Balaban J connectivity index is 1.27. The van der Waals surface area contributed by atoms with Crippen molar-refractivity contribution >= 4 is 5.91 Å². The summed E-state index contributed by atoms with van der Waals surface area (Å²) < 4.78 is 17.1. The maximum atomic E-state index is 12.3. The van der Waals surface area contributed by atoms with Crippen LogP contribution in [0.2, 0.25) is 0 Å². The number of rotatable bonds is 6. The van der Waals surface area contributed by atoms with Crippen LogP contribution in [0.1, 0.15) is 16.2 Å². The molecule has 0 fully saturated rings. The minimum Gasteiger partial charge on any atom is -0.487 e. The molecule has 1 aliphatic heterocycles. The fourth-order valence-electron chi connectivity index (χ4n) is 2.69. The molecule has 0 saturated heterocycles. The van der Waals surface area contributed by atoms with Crippen LogP contribution in [0.4, 0.5) is 0 Å². The number of fused-ring (bicyclic) bond motifs is 1. The van der Waals surface area contributed by atoms with Crippen LogP contribution >= 0.6 is 0 Å². The molecule has 2 N–H and O–H groups in total. The molecular weight excluding hydrogens is 346 g/mol. The van der Waals surface area contributed by atoms with E-state index < -0.39 is 0 Å². The number of carbonyl (C=O) groups excluding carboxylic acids is 1. The number of nitrogens with one attached hydrogen (secondary N) is 2. The second-order valence-corrected chi connectivity index (χ2v) is 6.09. The van der Waals surface area contributed by atoms with Crippen molar-refractivity contribution in [1.29, 1.82) is 0 Å². The summed E-state index contributed by atoms with van der Waals surface area (Å²) in [5, 5.41) is 9.67. The van der Waals surface area contributed by atoms with Gasteiger partial charge in [-0.05, 0) is 30.3 Å². The minimum atomic E-state index is -0.278. The number of para-hydroxylation sites is 3. The maximum absolute atomic E-state index is 12.3. The molecule has 27 heavy (non-hydrogen) atoms. The number of nitrogens with zero attached hydrogens (tertiary/aromatic N) is 1. The van der Waals surface area contributed by atoms with Crippen LogP contribution in [-0.4, -0.2) is 35.4 Å². The number of carbonyl (C=O) groups is 1. The summed E-state index contributed by atoms with van der Waals surface area (Å²) >= 11 is 0. The van der Waals surface area contributed by atoms with Gasteiger partial charge in [-0.2, -0.15) is 5.10 Å². The fraction of sp³-hybridized carbons (Fsp3) is 0.200. The van der Waals surface area contributed by atoms with Crippen molar-refractivity contribution in [2.75, 3.05) is 13.2 Å². The number of hydrogen-bond acceptors (Lipinski definition) is 5. The predicted molar refractivity (Wildman–Crippen MR) is 98.0 cm³/mol. The Bertz CT molecular complexity index is 910. The summed E-state index contributed by atoms with van der Waals surface area (Å²) in [4.78, 5) is 12.3. The molecule has 0 unspecified atom stereocenters. The van der Waals surface area contributed by atoms with Crippen molar-refractivity contribution in [2.45, 2.75) is 12.7 Å². The van der Waals surface area contributed by atoms with Gasteiger partial charge in [0.2, 0.25) is 0 Å². The Labute approximate surface area is 156 Å². The Kier molecular flexibility index (Phi) is 4.91. The highest BCUT2D eigenvalue weighted by Crippen LogP contribution is 2.30. The molecule has 0 spiro atoms. The molecule has 2 heterocycles. The van der Waals surface area contributed by atoms with E-state index in [1.807, 2.05) is 54.6 Å². The van der Waals surface area contributed by atoms with Crippen molar-refractivity contribution < 1.29 is 19.0 Å². The summed E-state index contributed by atoms with van der Waals surface area (Å²) in [6.07, 6.45) is -0.247. The lowest BCUT2D eigenvalue weighted by Crippen LogP contribution is -2.40. The van der Waals surface area contributed by atoms with E-state index in [2.05, 4.69) is 15.5 Å². The van der Waals surface area contributed by atoms with Gasteiger partial charge < -0.3 is 19.5 Å². The predicted octanol–water partition coefficient (Wildman–Crippen LogP) is 2.56. The molecule has 1 amide bonds. The van der Waals surface area contributed by atoms with Crippen molar-refractivity contribution in [3.63, 3.8) is 0 Å². The van der Waals surface area contributed by atoms with Gasteiger partial charge in [0, 0.05) is 0 Å². The molecular formula is C20H19N3O4. The Morgan fingerprint density at radius 1 is 1.15 bits per heavy atom. The topological polar surface area (TPSA) is 85.5 Å². The van der Waals surface area contributed by atoms with Crippen LogP contribution in [0.15, 0.2) is 60.7 Å². The highest BCUT2D eigenvalue weighted by molar-refractivity contribution is 5.92. The van der Waals surface area contributed by atoms with Crippen LogP contribution in [-0.2, 0) is 6.61 Å². The van der Waals surface area contributed by atoms with E-state index in [0.717, 1.165) is 17.2 Å². The molecule has 0 aliphatic carbocycles. The third-order valence-electron chi connectivity index (χ3n) is 4.06. The lowest BCUT2D eigenvalue weighted by Gasteiger charge is -2.26. The van der Waals surface area contributed by atoms with Crippen LogP contribution in [0, 0.1) is 0 Å². The molecule has 2 aromatic carbocycles. The number of amides is 1. The van der Waals surface area contributed by atoms with E-state index in [9.17, 15) is 4.79 Å². The smallest absolute Gasteiger partial charge is 0.271 e. The van der Waals surface area contributed by atoms with Crippen molar-refractivity contribution in [1.82, 2.24) is 15.5 Å². The van der Waals surface area contributed by atoms with Crippen LogP contribution in [0.3, 0.4) is 0 Å². The van der Waals surface area contributed by atoms with Crippen molar-refractivity contribution in [3.8, 4) is 17.2 Å². The molecule has 4 rings (SSSR count). The monoisotopic (exact) mass is 365 g/mol. The fourth-order valence-corrected chi connectivity index (χ4v) is 2.69. The summed E-state index contributed by atoms with van der Waals surface area (Å²) in [6.45, 7) is 1.02. The SMILES string of the molecule is O=C(NC[C@@H]1COc2ccccc2O1)c1cc(COc2ccccc2)[nH]n1. The quantitative estimate of drug-likeness (QED) is 0.701. The Morgan fingerprint density at radius 3 is 2.78 bits per heavy atom. The van der Waals surface area contributed by atoms with Crippen LogP contribution in [0.5, 0.6) is 17.2 Å². The Hall–Kier alpha value is -3.48. The van der Waals surface area contributed by atoms with E-state index in [4.69, 9.17) is 14.2 Å². The van der Waals surface area contributed by atoms with Gasteiger partial charge in [0.15, 0.2) is 11.5 Å². The Morgan fingerprint density at radius 2 is 1.93 bits per heavy atom. The van der Waals surface area contributed by atoms with E-state index >= 15 is 0 Å². The first kappa shape index (κ1) is 17.0. The zero-order valence-electron chi connectivity index (χ0n) is 14.6. The number of ether oxygens (including phenoxy) is 3. The summed E-state index contributed by atoms with van der Waals surface area (Å²) in [7, 11) is 0. The first-order valence-corrected chi connectivity index (χ1v) is 8.67. The van der Waals surface area contributed by atoms with E-state index in [0.29, 0.717) is 31.2 Å². The summed E-state index contributed by atoms with van der Waals surface area (Å²) in [6, 6.07) is 18.6. The van der Waals surface area contributed by atoms with Gasteiger partial charge in [-0.1, -0.05) is 30.3 Å². The zero-order valence-corrected chi connectivity index (χ0v) is 14.6. The van der Waals surface area contributed by atoms with Gasteiger partial charge in [0.25, 0.3) is 5.91 Å². The lowest BCUT2D eigenvalue weighted by atomic mass is 10.2. The maximum Gasteiger partial charge on any atom is 0.271 e. The summed E-state index contributed by atoms with van der Waals surface area (Å²) in [5.41, 5.74) is 1.02. The highest BCUT2D eigenvalue weighted by atomic mass is 16.6. The number of H-pyrrole nitrogens is 1. The largest absolute Gasteiger partial charge is 0.487 e. The van der Waals surface area contributed by atoms with Crippen LogP contribution in [0.25, 0.3) is 0 Å². The minimum absolute atomic E-state index is 0.247. The first-order valence-electron chi connectivity index (χ1n) is 8.67. The summed E-state index contributed by atoms with van der Waals surface area (Å²) in [5.74, 6) is 1.88. The molecule has 7 heteroatoms. The van der Waals surface area contributed by atoms with Gasteiger partial charge in [0.05, 0.1) is 12.2 Å². The van der Waals surface area contributed by atoms with Gasteiger partial charge in [-0.3, -0.25) is 9.89 Å². The molecule has 0 saturated carbocycles. The highest BCUT2D eigenvalue weighted by Gasteiger charge is 2.21. The molecule has 1 atom stereocenters. The third kappa shape index (κ3) is 4.20. The van der Waals surface area contributed by atoms with Gasteiger partial charge in [0.1, 0.15) is 30.8 Å². The van der Waals surface area contributed by atoms with E-state index in [1.165, 1.54) is 0 Å². The first-order chi connectivity index (χ1) is 13.3. The standard InChI is InChI=1S/C20H19N3O4/c24-20(21-11-16-13-26-18-8-4-5-9-19(18)27-16)17-10-14(22-23-17)12-25-15-6-2-1-3-7-15/h1-10,16H,11-13H2,(H,21,24)(H,22,23)/t16-/m1/s1. The third-order valence-corrected chi connectivity index (χ3v) is 4.06. The average molecular weight is 365 g/mol. The van der Waals surface area contributed by atoms with E-state index in [-0.39, 0.29) is 12.0 Å². The normalized spacial score (nSPS) is 15.2. The molecule has 1 aliphatic rings. The van der Waals surface area contributed by atoms with E-state index in [1.54, 1.807) is 6.07 Å². The molecule has 7 nitrogen and oxygen atoms in total. The van der Waals surface area contributed by atoms with Gasteiger partial charge in [-0.15, -0.1) is 0 Å². The molecule has 0 bridgehead atoms. The van der Waals surface area contributed by atoms with Gasteiger partial charge in [-0.25, -0.2) is 0 Å². The van der Waals surface area contributed by atoms with Gasteiger partial charge >= 0.3 is 0 Å². The number of benzene rings is 2. The number of aromatic amines is 1. The molecule has 1 aromatic heterocycles. The molecule has 138 valence electrons. The second kappa shape index (κ2) is 7.82. The second-order valence-electron chi connectivity index (χ2n) is 6.09. The molecule has 3 aromatic rings. The number of aromatic nitrogens is 2. The van der Waals surface area contributed by atoms with Crippen molar-refractivity contribution in [2.24, 2.45) is 0 Å². The zero-order chi connectivity index (χ0) is 18.5. The van der Waals surface area contributed by atoms with Crippen molar-refractivity contribution in [3.05, 3.63) is 72.1 Å². The average Bonchev–Trinajstić information content (AvgIpc) is 3.20. The molecule has 0 radical (unpaired) electrons. The van der Waals surface area contributed by atoms with Crippen LogP contribution < -0.4 is 19.5 Å². The lowest BCUT2D eigenvalue weighted by molar-refractivity contribution is 0.0786.